The number of nitrogens with one attached hydrogen (secondary N) is 1. The summed E-state index contributed by atoms with van der Waals surface area (Å²) in [4.78, 5) is 26.3. The molecule has 1 aliphatic heterocycles. The Bertz CT molecular complexity index is 889. The number of nitrogens with zero attached hydrogens (tertiary/aromatic N) is 1. The first-order valence-corrected chi connectivity index (χ1v) is 10.1. The van der Waals surface area contributed by atoms with E-state index in [9.17, 15) is 9.59 Å². The molecule has 3 rings (SSSR count). The molecule has 1 aliphatic rings. The lowest BCUT2D eigenvalue weighted by Crippen LogP contribution is -2.30. The van der Waals surface area contributed by atoms with Crippen LogP contribution in [0.25, 0.3) is 6.08 Å². The molecule has 0 radical (unpaired) electrons. The fourth-order valence-corrected chi connectivity index (χ4v) is 3.38. The van der Waals surface area contributed by atoms with Gasteiger partial charge >= 0.3 is 0 Å². The summed E-state index contributed by atoms with van der Waals surface area (Å²) in [6, 6.07) is 15.6. The van der Waals surface area contributed by atoms with Crippen LogP contribution >= 0.6 is 0 Å². The fraction of sp³-hybridized carbons (Fsp3) is 0.333. The molecule has 2 amide bonds. The van der Waals surface area contributed by atoms with Crippen LogP contribution < -0.4 is 15.0 Å². The van der Waals surface area contributed by atoms with Crippen molar-refractivity contribution in [3.05, 3.63) is 65.7 Å². The molecule has 0 aliphatic carbocycles. The third kappa shape index (κ3) is 5.95. The molecule has 5 nitrogen and oxygen atoms in total. The number of carbonyl (C=O) groups excluding carboxylic acids is 2. The van der Waals surface area contributed by atoms with Crippen molar-refractivity contribution in [3.63, 3.8) is 0 Å². The van der Waals surface area contributed by atoms with Crippen LogP contribution in [0.3, 0.4) is 0 Å². The Morgan fingerprint density at radius 2 is 2.00 bits per heavy atom. The van der Waals surface area contributed by atoms with Crippen molar-refractivity contribution in [2.24, 2.45) is 0 Å². The van der Waals surface area contributed by atoms with Crippen LogP contribution in [-0.2, 0) is 16.0 Å². The maximum atomic E-state index is 12.5. The van der Waals surface area contributed by atoms with Crippen LogP contribution in [0.2, 0.25) is 0 Å². The molecular weight excluding hydrogens is 364 g/mol. The van der Waals surface area contributed by atoms with Crippen molar-refractivity contribution in [1.82, 2.24) is 5.32 Å². The van der Waals surface area contributed by atoms with Gasteiger partial charge in [0.1, 0.15) is 5.75 Å². The Morgan fingerprint density at radius 1 is 1.17 bits per heavy atom. The summed E-state index contributed by atoms with van der Waals surface area (Å²) >= 11 is 0. The molecule has 0 saturated heterocycles. The Hall–Kier alpha value is -3.08. The summed E-state index contributed by atoms with van der Waals surface area (Å²) in [5.74, 6) is 0.727. The number of ether oxygens (including phenoxy) is 1. The first-order chi connectivity index (χ1) is 14.0. The van der Waals surface area contributed by atoms with Gasteiger partial charge in [0.2, 0.25) is 11.8 Å². The van der Waals surface area contributed by atoms with E-state index in [2.05, 4.69) is 11.4 Å². The monoisotopic (exact) mass is 392 g/mol. The predicted octanol–water partition coefficient (Wildman–Crippen LogP) is 3.97. The van der Waals surface area contributed by atoms with E-state index >= 15 is 0 Å². The lowest BCUT2D eigenvalue weighted by molar-refractivity contribution is -0.119. The fourth-order valence-electron chi connectivity index (χ4n) is 3.38. The second-order valence-electron chi connectivity index (χ2n) is 7.39. The molecule has 0 fully saturated rings. The van der Waals surface area contributed by atoms with Gasteiger partial charge in [0.15, 0.2) is 0 Å². The number of amides is 2. The highest BCUT2D eigenvalue weighted by molar-refractivity contribution is 5.95. The highest BCUT2D eigenvalue weighted by Gasteiger charge is 2.23. The van der Waals surface area contributed by atoms with Crippen molar-refractivity contribution < 1.29 is 14.3 Å². The van der Waals surface area contributed by atoms with Gasteiger partial charge < -0.3 is 15.0 Å². The number of hydrogen-bond donors (Lipinski definition) is 1. The third-order valence-electron chi connectivity index (χ3n) is 4.71. The van der Waals surface area contributed by atoms with E-state index in [4.69, 9.17) is 4.74 Å². The zero-order valence-electron chi connectivity index (χ0n) is 17.1. The van der Waals surface area contributed by atoms with Crippen LogP contribution in [0.4, 0.5) is 5.69 Å². The van der Waals surface area contributed by atoms with E-state index in [1.54, 1.807) is 6.08 Å². The van der Waals surface area contributed by atoms with Crippen molar-refractivity contribution in [3.8, 4) is 5.75 Å². The standard InChI is InChI=1S/C24H28N2O3/c1-18(2)29-21-9-5-7-19(17-21)12-13-23(27)25-15-6-11-24(28)26-16-14-20-8-3-4-10-22(20)26/h3-5,7-10,12-13,17-18H,6,11,14-16H2,1-2H3,(H,25,27)/b13-12+. The van der Waals surface area contributed by atoms with Crippen LogP contribution in [0.5, 0.6) is 5.75 Å². The van der Waals surface area contributed by atoms with Gasteiger partial charge in [0.25, 0.3) is 0 Å². The topological polar surface area (TPSA) is 58.6 Å². The Balaban J connectivity index is 1.40. The molecule has 0 atom stereocenters. The van der Waals surface area contributed by atoms with Gasteiger partial charge in [0.05, 0.1) is 6.10 Å². The maximum absolute atomic E-state index is 12.5. The zero-order valence-corrected chi connectivity index (χ0v) is 17.1. The van der Waals surface area contributed by atoms with Gasteiger partial charge in [-0.05, 0) is 62.1 Å². The quantitative estimate of drug-likeness (QED) is 0.546. The van der Waals surface area contributed by atoms with E-state index < -0.39 is 0 Å². The van der Waals surface area contributed by atoms with Gasteiger partial charge in [0, 0.05) is 31.3 Å². The van der Waals surface area contributed by atoms with Crippen LogP contribution in [-0.4, -0.2) is 31.0 Å². The van der Waals surface area contributed by atoms with E-state index in [1.165, 1.54) is 11.6 Å². The highest BCUT2D eigenvalue weighted by Crippen LogP contribution is 2.28. The van der Waals surface area contributed by atoms with Crippen LogP contribution in [0, 0.1) is 0 Å². The molecule has 29 heavy (non-hydrogen) atoms. The largest absolute Gasteiger partial charge is 0.491 e. The minimum Gasteiger partial charge on any atom is -0.491 e. The second kappa shape index (κ2) is 9.92. The zero-order chi connectivity index (χ0) is 20.6. The number of fused-ring (bicyclic) bond motifs is 1. The first-order valence-electron chi connectivity index (χ1n) is 10.1. The Morgan fingerprint density at radius 3 is 2.83 bits per heavy atom. The second-order valence-corrected chi connectivity index (χ2v) is 7.39. The summed E-state index contributed by atoms with van der Waals surface area (Å²) in [5.41, 5.74) is 3.15. The van der Waals surface area contributed by atoms with Gasteiger partial charge in [-0.15, -0.1) is 0 Å². The molecule has 2 aromatic carbocycles. The molecule has 152 valence electrons. The summed E-state index contributed by atoms with van der Waals surface area (Å²) < 4.78 is 5.66. The predicted molar refractivity (Wildman–Crippen MR) is 116 cm³/mol. The molecule has 0 unspecified atom stereocenters. The average Bonchev–Trinajstić information content (AvgIpc) is 3.13. The average molecular weight is 392 g/mol. The lowest BCUT2D eigenvalue weighted by Gasteiger charge is -2.17. The molecule has 0 bridgehead atoms. The van der Waals surface area contributed by atoms with Crippen molar-refractivity contribution in [2.75, 3.05) is 18.0 Å². The molecular formula is C24H28N2O3. The van der Waals surface area contributed by atoms with E-state index in [1.807, 2.05) is 61.2 Å². The molecule has 1 N–H and O–H groups in total. The minimum atomic E-state index is -0.167. The summed E-state index contributed by atoms with van der Waals surface area (Å²) in [7, 11) is 0. The van der Waals surface area contributed by atoms with E-state index in [0.29, 0.717) is 19.4 Å². The van der Waals surface area contributed by atoms with Crippen molar-refractivity contribution >= 4 is 23.6 Å². The van der Waals surface area contributed by atoms with Crippen LogP contribution in [0.15, 0.2) is 54.6 Å². The summed E-state index contributed by atoms with van der Waals surface area (Å²) in [6.45, 7) is 5.17. The number of para-hydroxylation sites is 1. The van der Waals surface area contributed by atoms with Gasteiger partial charge in [-0.1, -0.05) is 30.3 Å². The highest BCUT2D eigenvalue weighted by atomic mass is 16.5. The normalized spacial score (nSPS) is 13.0. The molecule has 5 heteroatoms. The Labute approximate surface area is 172 Å². The van der Waals surface area contributed by atoms with Gasteiger partial charge in [-0.25, -0.2) is 0 Å². The maximum Gasteiger partial charge on any atom is 0.243 e. The smallest absolute Gasteiger partial charge is 0.243 e. The number of benzene rings is 2. The SMILES string of the molecule is CC(C)Oc1cccc(/C=C/C(=O)NCCCC(=O)N2CCc3ccccc32)c1. The third-order valence-corrected chi connectivity index (χ3v) is 4.71. The van der Waals surface area contributed by atoms with E-state index in [0.717, 1.165) is 30.0 Å². The lowest BCUT2D eigenvalue weighted by atomic mass is 10.2. The summed E-state index contributed by atoms with van der Waals surface area (Å²) in [6.07, 6.45) is 5.32. The van der Waals surface area contributed by atoms with Gasteiger partial charge in [-0.2, -0.15) is 0 Å². The van der Waals surface area contributed by atoms with Gasteiger partial charge in [-0.3, -0.25) is 9.59 Å². The Kier molecular flexibility index (Phi) is 7.06. The number of carbonyl (C=O) groups is 2. The minimum absolute atomic E-state index is 0.106. The molecule has 2 aromatic rings. The number of rotatable bonds is 8. The first kappa shape index (κ1) is 20.6. The molecule has 0 spiro atoms. The van der Waals surface area contributed by atoms with Crippen molar-refractivity contribution in [2.45, 2.75) is 39.2 Å². The van der Waals surface area contributed by atoms with Crippen LogP contribution in [0.1, 0.15) is 37.8 Å². The summed E-state index contributed by atoms with van der Waals surface area (Å²) in [5, 5.41) is 2.84. The van der Waals surface area contributed by atoms with E-state index in [-0.39, 0.29) is 17.9 Å². The van der Waals surface area contributed by atoms with Crippen molar-refractivity contribution in [1.29, 1.82) is 0 Å². The number of hydrogen-bond acceptors (Lipinski definition) is 3. The molecule has 1 heterocycles. The molecule has 0 saturated carbocycles. The molecule has 0 aromatic heterocycles. The number of anilines is 1.